The Labute approximate surface area is 118 Å². The SMILES string of the molecule is Fc1ccc(-c2nc3cc4c(cc3[nH]2)OCCO4)c(F)c1. The molecule has 2 heterocycles. The summed E-state index contributed by atoms with van der Waals surface area (Å²) in [5.41, 5.74) is 1.56. The lowest BCUT2D eigenvalue weighted by molar-refractivity contribution is 0.172. The molecule has 6 heteroatoms. The smallest absolute Gasteiger partial charge is 0.163 e. The van der Waals surface area contributed by atoms with Gasteiger partial charge in [0.1, 0.15) is 30.7 Å². The topological polar surface area (TPSA) is 47.1 Å². The molecule has 0 saturated carbocycles. The van der Waals surface area contributed by atoms with Crippen LogP contribution in [-0.2, 0) is 0 Å². The summed E-state index contributed by atoms with van der Waals surface area (Å²) in [5.74, 6) is 0.302. The molecule has 1 aliphatic rings. The molecule has 0 aliphatic carbocycles. The molecule has 0 amide bonds. The molecule has 1 aliphatic heterocycles. The van der Waals surface area contributed by atoms with E-state index in [9.17, 15) is 8.78 Å². The summed E-state index contributed by atoms with van der Waals surface area (Å²) >= 11 is 0. The Kier molecular flexibility index (Phi) is 2.57. The lowest BCUT2D eigenvalue weighted by Crippen LogP contribution is -2.15. The Balaban J connectivity index is 1.86. The maximum Gasteiger partial charge on any atom is 0.163 e. The van der Waals surface area contributed by atoms with Crippen molar-refractivity contribution in [1.29, 1.82) is 0 Å². The third kappa shape index (κ3) is 1.99. The summed E-state index contributed by atoms with van der Waals surface area (Å²) in [6.07, 6.45) is 0. The Morgan fingerprint density at radius 3 is 2.52 bits per heavy atom. The quantitative estimate of drug-likeness (QED) is 0.747. The first kappa shape index (κ1) is 12.1. The van der Waals surface area contributed by atoms with E-state index in [1.165, 1.54) is 12.1 Å². The van der Waals surface area contributed by atoms with Gasteiger partial charge in [0.25, 0.3) is 0 Å². The van der Waals surface area contributed by atoms with E-state index in [0.29, 0.717) is 41.6 Å². The van der Waals surface area contributed by atoms with Gasteiger partial charge >= 0.3 is 0 Å². The van der Waals surface area contributed by atoms with Crippen LogP contribution in [0, 0.1) is 11.6 Å². The van der Waals surface area contributed by atoms with Crippen LogP contribution in [0.5, 0.6) is 11.5 Å². The van der Waals surface area contributed by atoms with Crippen molar-refractivity contribution in [2.75, 3.05) is 13.2 Å². The van der Waals surface area contributed by atoms with Crippen LogP contribution in [0.15, 0.2) is 30.3 Å². The summed E-state index contributed by atoms with van der Waals surface area (Å²) in [5, 5.41) is 0. The molecule has 0 radical (unpaired) electrons. The maximum atomic E-state index is 13.8. The predicted molar refractivity (Wildman–Crippen MR) is 72.4 cm³/mol. The van der Waals surface area contributed by atoms with E-state index in [2.05, 4.69) is 9.97 Å². The van der Waals surface area contributed by atoms with Crippen molar-refractivity contribution < 1.29 is 18.3 Å². The number of ether oxygens (including phenoxy) is 2. The number of benzene rings is 2. The molecule has 4 nitrogen and oxygen atoms in total. The molecule has 1 N–H and O–H groups in total. The Morgan fingerprint density at radius 1 is 1.00 bits per heavy atom. The molecule has 4 rings (SSSR count). The first-order chi connectivity index (χ1) is 10.2. The van der Waals surface area contributed by atoms with Crippen LogP contribution < -0.4 is 9.47 Å². The van der Waals surface area contributed by atoms with E-state index in [1.807, 2.05) is 0 Å². The Morgan fingerprint density at radius 2 is 1.76 bits per heavy atom. The van der Waals surface area contributed by atoms with E-state index in [4.69, 9.17) is 9.47 Å². The molecule has 0 saturated heterocycles. The highest BCUT2D eigenvalue weighted by Gasteiger charge is 2.16. The fraction of sp³-hybridized carbons (Fsp3) is 0.133. The molecule has 106 valence electrons. The van der Waals surface area contributed by atoms with Crippen molar-refractivity contribution in [3.8, 4) is 22.9 Å². The minimum Gasteiger partial charge on any atom is -0.486 e. The number of nitrogens with zero attached hydrogens (tertiary/aromatic N) is 1. The van der Waals surface area contributed by atoms with E-state index in [1.54, 1.807) is 12.1 Å². The number of aromatic nitrogens is 2. The van der Waals surface area contributed by atoms with Crippen LogP contribution >= 0.6 is 0 Å². The van der Waals surface area contributed by atoms with E-state index < -0.39 is 11.6 Å². The van der Waals surface area contributed by atoms with Gasteiger partial charge in [-0.25, -0.2) is 13.8 Å². The minimum atomic E-state index is -0.661. The zero-order valence-corrected chi connectivity index (χ0v) is 10.8. The van der Waals surface area contributed by atoms with Crippen LogP contribution in [0.25, 0.3) is 22.4 Å². The minimum absolute atomic E-state index is 0.215. The van der Waals surface area contributed by atoms with Crippen molar-refractivity contribution in [3.63, 3.8) is 0 Å². The standard InChI is InChI=1S/C15H10F2N2O2/c16-8-1-2-9(10(17)5-8)15-18-11-6-13-14(7-12(11)19-15)21-4-3-20-13/h1-2,5-7H,3-4H2,(H,18,19). The predicted octanol–water partition coefficient (Wildman–Crippen LogP) is 3.28. The highest BCUT2D eigenvalue weighted by atomic mass is 19.1. The lowest BCUT2D eigenvalue weighted by atomic mass is 10.2. The summed E-state index contributed by atoms with van der Waals surface area (Å²) in [6.45, 7) is 0.981. The van der Waals surface area contributed by atoms with E-state index in [0.717, 1.165) is 6.07 Å². The average Bonchev–Trinajstić information content (AvgIpc) is 2.87. The first-order valence-electron chi connectivity index (χ1n) is 6.45. The van der Waals surface area contributed by atoms with Crippen molar-refractivity contribution in [1.82, 2.24) is 9.97 Å². The summed E-state index contributed by atoms with van der Waals surface area (Å²) in [6, 6.07) is 6.89. The van der Waals surface area contributed by atoms with Crippen molar-refractivity contribution in [2.45, 2.75) is 0 Å². The Hall–Kier alpha value is -2.63. The number of hydrogen-bond acceptors (Lipinski definition) is 3. The highest BCUT2D eigenvalue weighted by Crippen LogP contribution is 2.35. The van der Waals surface area contributed by atoms with Crippen molar-refractivity contribution in [2.24, 2.45) is 0 Å². The number of rotatable bonds is 1. The number of fused-ring (bicyclic) bond motifs is 2. The van der Waals surface area contributed by atoms with Gasteiger partial charge in [-0.2, -0.15) is 0 Å². The second kappa shape index (κ2) is 4.44. The molecule has 0 fully saturated rings. The van der Waals surface area contributed by atoms with Gasteiger partial charge < -0.3 is 14.5 Å². The Bertz CT molecular complexity index is 802. The second-order valence-electron chi connectivity index (χ2n) is 4.72. The molecule has 0 atom stereocenters. The van der Waals surface area contributed by atoms with Crippen LogP contribution in [0.4, 0.5) is 8.78 Å². The van der Waals surface area contributed by atoms with Gasteiger partial charge in [0.05, 0.1) is 16.6 Å². The van der Waals surface area contributed by atoms with Gasteiger partial charge in [0.15, 0.2) is 11.5 Å². The fourth-order valence-corrected chi connectivity index (χ4v) is 2.36. The van der Waals surface area contributed by atoms with Gasteiger partial charge in [-0.3, -0.25) is 0 Å². The van der Waals surface area contributed by atoms with Crippen LogP contribution in [0.3, 0.4) is 0 Å². The molecule has 1 aromatic heterocycles. The first-order valence-corrected chi connectivity index (χ1v) is 6.45. The third-order valence-electron chi connectivity index (χ3n) is 3.33. The van der Waals surface area contributed by atoms with Crippen molar-refractivity contribution in [3.05, 3.63) is 42.0 Å². The number of halogens is 2. The van der Waals surface area contributed by atoms with Crippen molar-refractivity contribution >= 4 is 11.0 Å². The van der Waals surface area contributed by atoms with Gasteiger partial charge in [-0.05, 0) is 12.1 Å². The number of hydrogen-bond donors (Lipinski definition) is 1. The van der Waals surface area contributed by atoms with E-state index >= 15 is 0 Å². The molecular formula is C15H10F2N2O2. The molecule has 2 aromatic carbocycles. The molecule has 0 unspecified atom stereocenters. The van der Waals surface area contributed by atoms with Gasteiger partial charge in [-0.1, -0.05) is 0 Å². The molecular weight excluding hydrogens is 278 g/mol. The lowest BCUT2D eigenvalue weighted by Gasteiger charge is -2.17. The number of nitrogens with one attached hydrogen (secondary N) is 1. The summed E-state index contributed by atoms with van der Waals surface area (Å²) < 4.78 is 37.8. The van der Waals surface area contributed by atoms with Gasteiger partial charge in [-0.15, -0.1) is 0 Å². The van der Waals surface area contributed by atoms with Gasteiger partial charge in [0.2, 0.25) is 0 Å². The molecule has 0 bridgehead atoms. The normalized spacial score (nSPS) is 13.6. The molecule has 21 heavy (non-hydrogen) atoms. The fourth-order valence-electron chi connectivity index (χ4n) is 2.36. The highest BCUT2D eigenvalue weighted by molar-refractivity contribution is 5.83. The zero-order valence-electron chi connectivity index (χ0n) is 10.8. The monoisotopic (exact) mass is 288 g/mol. The number of imidazole rings is 1. The van der Waals surface area contributed by atoms with Crippen LogP contribution in [0.1, 0.15) is 0 Å². The molecule has 0 spiro atoms. The third-order valence-corrected chi connectivity index (χ3v) is 3.33. The van der Waals surface area contributed by atoms with Crippen LogP contribution in [0.2, 0.25) is 0 Å². The summed E-state index contributed by atoms with van der Waals surface area (Å²) in [7, 11) is 0. The maximum absolute atomic E-state index is 13.8. The molecule has 3 aromatic rings. The van der Waals surface area contributed by atoms with E-state index in [-0.39, 0.29) is 5.56 Å². The average molecular weight is 288 g/mol. The second-order valence-corrected chi connectivity index (χ2v) is 4.72. The largest absolute Gasteiger partial charge is 0.486 e. The van der Waals surface area contributed by atoms with Crippen LogP contribution in [-0.4, -0.2) is 23.2 Å². The summed E-state index contributed by atoms with van der Waals surface area (Å²) in [4.78, 5) is 7.34. The number of aromatic amines is 1. The zero-order chi connectivity index (χ0) is 14.4. The number of H-pyrrole nitrogens is 1. The van der Waals surface area contributed by atoms with Gasteiger partial charge in [0, 0.05) is 18.2 Å².